The highest BCUT2D eigenvalue weighted by Gasteiger charge is 2.50. The average Bonchev–Trinajstić information content (AvgIpc) is 3.02. The summed E-state index contributed by atoms with van der Waals surface area (Å²) in [4.78, 5) is 0. The van der Waals surface area contributed by atoms with E-state index in [9.17, 15) is 5.11 Å². The van der Waals surface area contributed by atoms with Crippen LogP contribution < -0.4 is 15.1 Å². The van der Waals surface area contributed by atoms with Crippen molar-refractivity contribution in [1.82, 2.24) is 0 Å². The third kappa shape index (κ3) is 7.97. The Morgan fingerprint density at radius 3 is 1.60 bits per heavy atom. The molecular formula is C36H44O5Si. The van der Waals surface area contributed by atoms with Crippen molar-refractivity contribution in [2.75, 3.05) is 20.3 Å². The van der Waals surface area contributed by atoms with Crippen molar-refractivity contribution in [3.63, 3.8) is 0 Å². The van der Waals surface area contributed by atoms with Crippen LogP contribution in [0.1, 0.15) is 38.3 Å². The highest BCUT2D eigenvalue weighted by atomic mass is 28.4. The fraction of sp³-hybridized carbons (Fsp3) is 0.333. The monoisotopic (exact) mass is 584 g/mol. The highest BCUT2D eigenvalue weighted by molar-refractivity contribution is 6.99. The highest BCUT2D eigenvalue weighted by Crippen LogP contribution is 2.37. The van der Waals surface area contributed by atoms with Crippen molar-refractivity contribution in [1.29, 1.82) is 0 Å². The van der Waals surface area contributed by atoms with E-state index in [2.05, 4.69) is 81.4 Å². The molecule has 5 nitrogen and oxygen atoms in total. The Labute approximate surface area is 252 Å². The average molecular weight is 585 g/mol. The molecule has 1 N–H and O–H groups in total. The molecule has 42 heavy (non-hydrogen) atoms. The van der Waals surface area contributed by atoms with Gasteiger partial charge in [0, 0.05) is 6.61 Å². The minimum atomic E-state index is -2.70. The zero-order valence-electron chi connectivity index (χ0n) is 25.2. The minimum absolute atomic E-state index is 0.130. The van der Waals surface area contributed by atoms with Crippen LogP contribution in [0.25, 0.3) is 0 Å². The number of hydrogen-bond donors (Lipinski definition) is 1. The fourth-order valence-electron chi connectivity index (χ4n) is 5.45. The molecule has 0 unspecified atom stereocenters. The number of aliphatic hydroxyl groups is 1. The molecular weight excluding hydrogens is 540 g/mol. The van der Waals surface area contributed by atoms with Gasteiger partial charge in [-0.3, -0.25) is 0 Å². The Balaban J connectivity index is 1.57. The number of benzene rings is 4. The summed E-state index contributed by atoms with van der Waals surface area (Å²) < 4.78 is 25.2. The molecule has 4 aromatic rings. The molecule has 4 rings (SSSR count). The number of ether oxygens (including phenoxy) is 3. The lowest BCUT2D eigenvalue weighted by Crippen LogP contribution is -2.66. The maximum atomic E-state index is 10.4. The summed E-state index contributed by atoms with van der Waals surface area (Å²) in [6, 6.07) is 39.1. The van der Waals surface area contributed by atoms with Gasteiger partial charge in [0.15, 0.2) is 0 Å². The van der Waals surface area contributed by atoms with Crippen LogP contribution in [0.3, 0.4) is 0 Å². The molecule has 0 amide bonds. The summed E-state index contributed by atoms with van der Waals surface area (Å²) in [5.74, 6) is 0.799. The van der Waals surface area contributed by atoms with E-state index in [4.69, 9.17) is 18.6 Å². The summed E-state index contributed by atoms with van der Waals surface area (Å²) in [5, 5.41) is 12.8. The summed E-state index contributed by atoms with van der Waals surface area (Å²) in [6.45, 7) is 7.91. The van der Waals surface area contributed by atoms with Gasteiger partial charge in [0.05, 0.1) is 33.0 Å². The van der Waals surface area contributed by atoms with E-state index in [1.165, 1.54) is 10.4 Å². The van der Waals surface area contributed by atoms with Gasteiger partial charge < -0.3 is 23.7 Å². The van der Waals surface area contributed by atoms with Crippen molar-refractivity contribution in [3.05, 3.63) is 126 Å². The van der Waals surface area contributed by atoms with Crippen molar-refractivity contribution < 1.29 is 23.7 Å². The number of rotatable bonds is 15. The van der Waals surface area contributed by atoms with Gasteiger partial charge in [0.1, 0.15) is 11.9 Å². The molecule has 222 valence electrons. The van der Waals surface area contributed by atoms with Crippen LogP contribution in [-0.4, -0.2) is 46.0 Å². The standard InChI is InChI=1S/C36H44O5Si/c1-36(2,3)42(32-16-10-6-11-17-32,33-18-12-7-13-19-33)41-25-24-34(39-28-30-20-22-31(38-4)23-21-30)35(26-37)40-27-29-14-8-5-9-15-29/h5-23,34-35,37H,24-28H2,1-4H3/t34-,35+/m0/s1. The maximum absolute atomic E-state index is 10.4. The Hall–Kier alpha value is -3.26. The quantitative estimate of drug-likeness (QED) is 0.171. The van der Waals surface area contributed by atoms with Gasteiger partial charge in [-0.2, -0.15) is 0 Å². The van der Waals surface area contributed by atoms with E-state index in [0.29, 0.717) is 26.2 Å². The lowest BCUT2D eigenvalue weighted by atomic mass is 10.1. The Bertz CT molecular complexity index is 1270. The molecule has 0 saturated carbocycles. The van der Waals surface area contributed by atoms with Gasteiger partial charge in [0.25, 0.3) is 8.32 Å². The summed E-state index contributed by atoms with van der Waals surface area (Å²) in [7, 11) is -1.05. The minimum Gasteiger partial charge on any atom is -0.497 e. The summed E-state index contributed by atoms with van der Waals surface area (Å²) >= 11 is 0. The van der Waals surface area contributed by atoms with Gasteiger partial charge in [0.2, 0.25) is 0 Å². The van der Waals surface area contributed by atoms with E-state index < -0.39 is 14.4 Å². The van der Waals surface area contributed by atoms with E-state index in [-0.39, 0.29) is 17.7 Å². The lowest BCUT2D eigenvalue weighted by Gasteiger charge is -2.43. The number of methoxy groups -OCH3 is 1. The van der Waals surface area contributed by atoms with E-state index in [1.54, 1.807) is 7.11 Å². The zero-order chi connectivity index (χ0) is 29.8. The second kappa shape index (κ2) is 15.3. The summed E-state index contributed by atoms with van der Waals surface area (Å²) in [5.41, 5.74) is 2.07. The molecule has 0 radical (unpaired) electrons. The molecule has 4 aromatic carbocycles. The largest absolute Gasteiger partial charge is 0.497 e. The normalized spacial score (nSPS) is 13.5. The molecule has 0 spiro atoms. The SMILES string of the molecule is COc1ccc(CO[C@@H](CCO[Si](c2ccccc2)(c2ccccc2)C(C)(C)C)[C@@H](CO)OCc2ccccc2)cc1. The predicted molar refractivity (Wildman–Crippen MR) is 172 cm³/mol. The smallest absolute Gasteiger partial charge is 0.261 e. The van der Waals surface area contributed by atoms with Gasteiger partial charge in [-0.05, 0) is 45.1 Å². The van der Waals surface area contributed by atoms with Gasteiger partial charge in [-0.1, -0.05) is 124 Å². The number of hydrogen-bond acceptors (Lipinski definition) is 5. The van der Waals surface area contributed by atoms with E-state index in [1.807, 2.05) is 54.6 Å². The number of aliphatic hydroxyl groups excluding tert-OH is 1. The van der Waals surface area contributed by atoms with Crippen LogP contribution in [0.2, 0.25) is 5.04 Å². The van der Waals surface area contributed by atoms with Crippen molar-refractivity contribution in [2.45, 2.75) is 57.7 Å². The van der Waals surface area contributed by atoms with Crippen LogP contribution in [0, 0.1) is 0 Å². The first-order valence-electron chi connectivity index (χ1n) is 14.6. The predicted octanol–water partition coefficient (Wildman–Crippen LogP) is 6.12. The van der Waals surface area contributed by atoms with Crippen LogP contribution in [0.4, 0.5) is 0 Å². The first-order chi connectivity index (χ1) is 20.4. The lowest BCUT2D eigenvalue weighted by molar-refractivity contribution is -0.109. The van der Waals surface area contributed by atoms with Gasteiger partial charge in [-0.25, -0.2) is 0 Å². The molecule has 0 bridgehead atoms. The molecule has 0 aliphatic heterocycles. The van der Waals surface area contributed by atoms with Crippen LogP contribution >= 0.6 is 0 Å². The third-order valence-corrected chi connectivity index (χ3v) is 12.7. The molecule has 0 aliphatic carbocycles. The Morgan fingerprint density at radius 2 is 1.12 bits per heavy atom. The maximum Gasteiger partial charge on any atom is 0.261 e. The molecule has 0 saturated heterocycles. The zero-order valence-corrected chi connectivity index (χ0v) is 26.2. The second-order valence-corrected chi connectivity index (χ2v) is 15.8. The molecule has 0 fully saturated rings. The molecule has 6 heteroatoms. The first-order valence-corrected chi connectivity index (χ1v) is 16.5. The molecule has 2 atom stereocenters. The third-order valence-electron chi connectivity index (χ3n) is 7.66. The van der Waals surface area contributed by atoms with Crippen molar-refractivity contribution in [3.8, 4) is 5.75 Å². The fourth-order valence-corrected chi connectivity index (χ4v) is 10.0. The van der Waals surface area contributed by atoms with Crippen LogP contribution in [0.15, 0.2) is 115 Å². The Morgan fingerprint density at radius 1 is 0.643 bits per heavy atom. The molecule has 0 aliphatic rings. The second-order valence-electron chi connectivity index (χ2n) is 11.5. The van der Waals surface area contributed by atoms with Crippen molar-refractivity contribution in [2.24, 2.45) is 0 Å². The van der Waals surface area contributed by atoms with E-state index in [0.717, 1.165) is 16.9 Å². The van der Waals surface area contributed by atoms with E-state index >= 15 is 0 Å². The van der Waals surface area contributed by atoms with Gasteiger partial charge in [-0.15, -0.1) is 0 Å². The Kier molecular flexibility index (Phi) is 11.5. The molecule has 0 heterocycles. The van der Waals surface area contributed by atoms with Crippen LogP contribution in [0.5, 0.6) is 5.75 Å². The summed E-state index contributed by atoms with van der Waals surface area (Å²) in [6.07, 6.45) is -0.314. The first kappa shape index (κ1) is 31.7. The topological polar surface area (TPSA) is 57.2 Å². The van der Waals surface area contributed by atoms with Crippen molar-refractivity contribution >= 4 is 18.7 Å². The van der Waals surface area contributed by atoms with Gasteiger partial charge >= 0.3 is 0 Å². The molecule has 0 aromatic heterocycles. The van der Waals surface area contributed by atoms with Crippen LogP contribution in [-0.2, 0) is 27.1 Å².